The fourth-order valence-electron chi connectivity index (χ4n) is 2.56. The van der Waals surface area contributed by atoms with E-state index in [9.17, 15) is 4.79 Å². The van der Waals surface area contributed by atoms with Gasteiger partial charge in [0.05, 0.1) is 16.7 Å². The van der Waals surface area contributed by atoms with Crippen molar-refractivity contribution in [2.45, 2.75) is 58.4 Å². The largest absolute Gasteiger partial charge is 0.382 e. The molecule has 1 atom stereocenters. The molecule has 0 aliphatic heterocycles. The van der Waals surface area contributed by atoms with Crippen LogP contribution in [-0.2, 0) is 0 Å². The number of H-pyrrole nitrogens is 2. The Labute approximate surface area is 133 Å². The van der Waals surface area contributed by atoms with Crippen LogP contribution in [0.4, 0.5) is 5.69 Å². The summed E-state index contributed by atoms with van der Waals surface area (Å²) in [6.45, 7) is 4.44. The van der Waals surface area contributed by atoms with Crippen LogP contribution in [0.25, 0.3) is 11.0 Å². The van der Waals surface area contributed by atoms with E-state index >= 15 is 0 Å². The van der Waals surface area contributed by atoms with Crippen LogP contribution in [0, 0.1) is 0 Å². The molecule has 0 aliphatic rings. The number of aromatic amines is 2. The minimum Gasteiger partial charge on any atom is -0.382 e. The zero-order valence-corrected chi connectivity index (χ0v) is 14.3. The fourth-order valence-corrected chi connectivity index (χ4v) is 3.02. The van der Waals surface area contributed by atoms with E-state index in [4.69, 9.17) is 0 Å². The van der Waals surface area contributed by atoms with E-state index in [0.717, 1.165) is 27.6 Å². The molecule has 2 aromatic rings. The third-order valence-electron chi connectivity index (χ3n) is 3.75. The maximum Gasteiger partial charge on any atom is 0.323 e. The van der Waals surface area contributed by atoms with Crippen LogP contribution in [0.5, 0.6) is 0 Å². The summed E-state index contributed by atoms with van der Waals surface area (Å²) in [6.07, 6.45) is 7.70. The van der Waals surface area contributed by atoms with Gasteiger partial charge in [0.15, 0.2) is 0 Å². The SMILES string of the molecule is CCCCCCCC(C)Nc1cc2[nH]c(=O)[nH]c2cc1Br. The Morgan fingerprint density at radius 3 is 2.52 bits per heavy atom. The monoisotopic (exact) mass is 353 g/mol. The quantitative estimate of drug-likeness (QED) is 0.598. The van der Waals surface area contributed by atoms with E-state index in [2.05, 4.69) is 45.1 Å². The lowest BCUT2D eigenvalue weighted by molar-refractivity contribution is 0.578. The highest BCUT2D eigenvalue weighted by Crippen LogP contribution is 2.27. The topological polar surface area (TPSA) is 60.7 Å². The summed E-state index contributed by atoms with van der Waals surface area (Å²) in [5.74, 6) is 0. The van der Waals surface area contributed by atoms with Gasteiger partial charge in [-0.25, -0.2) is 4.79 Å². The molecule has 1 heterocycles. The summed E-state index contributed by atoms with van der Waals surface area (Å²) < 4.78 is 0.975. The van der Waals surface area contributed by atoms with E-state index in [1.807, 2.05) is 12.1 Å². The number of rotatable bonds is 8. The highest BCUT2D eigenvalue weighted by atomic mass is 79.9. The number of aromatic nitrogens is 2. The number of benzene rings is 1. The van der Waals surface area contributed by atoms with Crippen molar-refractivity contribution in [1.29, 1.82) is 0 Å². The Kier molecular flexibility index (Phi) is 5.91. The molecule has 0 saturated carbocycles. The predicted molar refractivity (Wildman–Crippen MR) is 93.1 cm³/mol. The first-order valence-electron chi connectivity index (χ1n) is 7.78. The third kappa shape index (κ3) is 4.63. The van der Waals surface area contributed by atoms with Crippen molar-refractivity contribution < 1.29 is 0 Å². The second-order valence-corrected chi connectivity index (χ2v) is 6.56. The first kappa shape index (κ1) is 16.1. The molecule has 116 valence electrons. The summed E-state index contributed by atoms with van der Waals surface area (Å²) in [5, 5.41) is 3.52. The van der Waals surface area contributed by atoms with E-state index in [1.54, 1.807) is 0 Å². The number of anilines is 1. The molecular formula is C16H24BrN3O. The number of hydrogen-bond acceptors (Lipinski definition) is 2. The predicted octanol–water partition coefficient (Wildman–Crippen LogP) is 4.78. The highest BCUT2D eigenvalue weighted by molar-refractivity contribution is 9.10. The molecule has 2 rings (SSSR count). The van der Waals surface area contributed by atoms with Gasteiger partial charge in [-0.2, -0.15) is 0 Å². The van der Waals surface area contributed by atoms with Gasteiger partial charge in [-0.05, 0) is 41.4 Å². The van der Waals surface area contributed by atoms with Gasteiger partial charge >= 0.3 is 5.69 Å². The lowest BCUT2D eigenvalue weighted by atomic mass is 10.1. The summed E-state index contributed by atoms with van der Waals surface area (Å²) in [7, 11) is 0. The summed E-state index contributed by atoms with van der Waals surface area (Å²) in [5.41, 5.74) is 2.52. The molecule has 3 N–H and O–H groups in total. The molecule has 0 bridgehead atoms. The van der Waals surface area contributed by atoms with Crippen molar-refractivity contribution >= 4 is 32.7 Å². The molecule has 0 spiro atoms. The lowest BCUT2D eigenvalue weighted by Crippen LogP contribution is -2.15. The maximum atomic E-state index is 11.3. The molecule has 1 aromatic heterocycles. The molecule has 0 fully saturated rings. The molecule has 1 unspecified atom stereocenters. The number of unbranched alkanes of at least 4 members (excludes halogenated alkanes) is 4. The number of imidazole rings is 1. The highest BCUT2D eigenvalue weighted by Gasteiger charge is 2.08. The normalized spacial score (nSPS) is 12.7. The van der Waals surface area contributed by atoms with Crippen LogP contribution >= 0.6 is 15.9 Å². The van der Waals surface area contributed by atoms with Gasteiger partial charge in [-0.3, -0.25) is 0 Å². The van der Waals surface area contributed by atoms with Gasteiger partial charge in [-0.15, -0.1) is 0 Å². The minimum absolute atomic E-state index is 0.168. The molecule has 0 aliphatic carbocycles. The molecule has 0 amide bonds. The molecule has 0 radical (unpaired) electrons. The second-order valence-electron chi connectivity index (χ2n) is 5.71. The van der Waals surface area contributed by atoms with Gasteiger partial charge in [0, 0.05) is 10.5 Å². The standard InChI is InChI=1S/C16H24BrN3O/c1-3-4-5-6-7-8-11(2)18-13-10-15-14(9-12(13)17)19-16(21)20-15/h9-11,18H,3-8H2,1-2H3,(H2,19,20,21). The second kappa shape index (κ2) is 7.69. The van der Waals surface area contributed by atoms with Gasteiger partial charge in [0.2, 0.25) is 0 Å². The van der Waals surface area contributed by atoms with Crippen molar-refractivity contribution in [2.75, 3.05) is 5.32 Å². The zero-order chi connectivity index (χ0) is 15.2. The molecule has 0 saturated heterocycles. The number of hydrogen-bond donors (Lipinski definition) is 3. The Morgan fingerprint density at radius 1 is 1.14 bits per heavy atom. The maximum absolute atomic E-state index is 11.3. The van der Waals surface area contributed by atoms with Crippen molar-refractivity contribution in [1.82, 2.24) is 9.97 Å². The first-order valence-corrected chi connectivity index (χ1v) is 8.57. The van der Waals surface area contributed by atoms with E-state index in [0.29, 0.717) is 6.04 Å². The Morgan fingerprint density at radius 2 is 1.81 bits per heavy atom. The van der Waals surface area contributed by atoms with Gasteiger partial charge < -0.3 is 15.3 Å². The van der Waals surface area contributed by atoms with Gasteiger partial charge in [-0.1, -0.05) is 39.0 Å². The molecule has 5 heteroatoms. The molecule has 1 aromatic carbocycles. The van der Waals surface area contributed by atoms with Crippen LogP contribution in [0.3, 0.4) is 0 Å². The van der Waals surface area contributed by atoms with Crippen molar-refractivity contribution in [2.24, 2.45) is 0 Å². The smallest absolute Gasteiger partial charge is 0.323 e. The lowest BCUT2D eigenvalue weighted by Gasteiger charge is -2.16. The molecule has 21 heavy (non-hydrogen) atoms. The van der Waals surface area contributed by atoms with Crippen LogP contribution in [0.2, 0.25) is 0 Å². The van der Waals surface area contributed by atoms with Crippen LogP contribution < -0.4 is 11.0 Å². The third-order valence-corrected chi connectivity index (χ3v) is 4.40. The minimum atomic E-state index is -0.168. The fraction of sp³-hybridized carbons (Fsp3) is 0.562. The van der Waals surface area contributed by atoms with Gasteiger partial charge in [0.1, 0.15) is 0 Å². The zero-order valence-electron chi connectivity index (χ0n) is 12.8. The van der Waals surface area contributed by atoms with Crippen LogP contribution in [0.15, 0.2) is 21.4 Å². The number of nitrogens with one attached hydrogen (secondary N) is 3. The summed E-state index contributed by atoms with van der Waals surface area (Å²) >= 11 is 3.56. The Hall–Kier alpha value is -1.23. The van der Waals surface area contributed by atoms with Gasteiger partial charge in [0.25, 0.3) is 0 Å². The van der Waals surface area contributed by atoms with E-state index in [-0.39, 0.29) is 5.69 Å². The number of halogens is 1. The first-order chi connectivity index (χ1) is 10.1. The summed E-state index contributed by atoms with van der Waals surface area (Å²) in [4.78, 5) is 16.9. The van der Waals surface area contributed by atoms with Crippen molar-refractivity contribution in [3.05, 3.63) is 27.1 Å². The molecule has 4 nitrogen and oxygen atoms in total. The average Bonchev–Trinajstić information content (AvgIpc) is 2.78. The molecular weight excluding hydrogens is 330 g/mol. The van der Waals surface area contributed by atoms with Crippen LogP contribution in [-0.4, -0.2) is 16.0 Å². The van der Waals surface area contributed by atoms with Crippen molar-refractivity contribution in [3.8, 4) is 0 Å². The Balaban J connectivity index is 1.92. The van der Waals surface area contributed by atoms with Crippen LogP contribution in [0.1, 0.15) is 52.4 Å². The van der Waals surface area contributed by atoms with E-state index < -0.39 is 0 Å². The van der Waals surface area contributed by atoms with E-state index in [1.165, 1.54) is 32.1 Å². The summed E-state index contributed by atoms with van der Waals surface area (Å²) in [6, 6.07) is 4.33. The Bertz CT molecular complexity index is 632. The average molecular weight is 354 g/mol. The number of fused-ring (bicyclic) bond motifs is 1. The van der Waals surface area contributed by atoms with Crippen molar-refractivity contribution in [3.63, 3.8) is 0 Å².